The molecule has 2 unspecified atom stereocenters. The summed E-state index contributed by atoms with van der Waals surface area (Å²) < 4.78 is 5.39. The molecule has 2 aliphatic rings. The van der Waals surface area contributed by atoms with Gasteiger partial charge in [-0.3, -0.25) is 14.8 Å². The summed E-state index contributed by atoms with van der Waals surface area (Å²) in [6.45, 7) is 19.1. The number of morpholine rings is 1. The quantitative estimate of drug-likeness (QED) is 0.421. The van der Waals surface area contributed by atoms with Crippen molar-refractivity contribution in [3.63, 3.8) is 0 Å². The van der Waals surface area contributed by atoms with Crippen LogP contribution in [0.2, 0.25) is 0 Å². The minimum absolute atomic E-state index is 0.0351. The summed E-state index contributed by atoms with van der Waals surface area (Å²) in [5.74, 6) is 1.54. The highest BCUT2D eigenvalue weighted by Gasteiger charge is 2.30. The van der Waals surface area contributed by atoms with Gasteiger partial charge in [-0.25, -0.2) is 0 Å². The SMILES string of the molecule is CCNC(=NCC(C)(C)N1CCCC(C)C1)NCC(C)(O)CN1CCOCC1. The Morgan fingerprint density at radius 2 is 1.89 bits per heavy atom. The van der Waals surface area contributed by atoms with Gasteiger partial charge in [0.2, 0.25) is 0 Å². The van der Waals surface area contributed by atoms with E-state index in [4.69, 9.17) is 9.73 Å². The Balaban J connectivity index is 1.88. The molecule has 2 aliphatic heterocycles. The van der Waals surface area contributed by atoms with Crippen molar-refractivity contribution in [1.29, 1.82) is 0 Å². The van der Waals surface area contributed by atoms with E-state index in [1.165, 1.54) is 12.8 Å². The van der Waals surface area contributed by atoms with Crippen LogP contribution >= 0.6 is 0 Å². The maximum absolute atomic E-state index is 10.8. The Kier molecular flexibility index (Phi) is 8.99. The van der Waals surface area contributed by atoms with E-state index in [2.05, 4.69) is 48.1 Å². The number of ether oxygens (including phenoxy) is 1. The monoisotopic (exact) mass is 397 g/mol. The molecular weight excluding hydrogens is 354 g/mol. The second kappa shape index (κ2) is 10.8. The second-order valence-electron chi connectivity index (χ2n) is 9.44. The zero-order valence-electron chi connectivity index (χ0n) is 18.8. The molecule has 2 fully saturated rings. The molecule has 7 nitrogen and oxygen atoms in total. The molecule has 28 heavy (non-hydrogen) atoms. The van der Waals surface area contributed by atoms with Crippen molar-refractivity contribution in [3.05, 3.63) is 0 Å². The van der Waals surface area contributed by atoms with Crippen LogP contribution in [0.1, 0.15) is 47.5 Å². The molecule has 2 rings (SSSR count). The molecular formula is C21H43N5O2. The number of aliphatic hydroxyl groups is 1. The minimum Gasteiger partial charge on any atom is -0.387 e. The smallest absolute Gasteiger partial charge is 0.191 e. The van der Waals surface area contributed by atoms with Gasteiger partial charge in [0, 0.05) is 44.8 Å². The molecule has 0 bridgehead atoms. The summed E-state index contributed by atoms with van der Waals surface area (Å²) in [5, 5.41) is 17.5. The van der Waals surface area contributed by atoms with Crippen molar-refractivity contribution in [2.24, 2.45) is 10.9 Å². The van der Waals surface area contributed by atoms with Crippen LogP contribution in [0.25, 0.3) is 0 Å². The molecule has 2 heterocycles. The molecule has 0 radical (unpaired) electrons. The van der Waals surface area contributed by atoms with Gasteiger partial charge < -0.3 is 20.5 Å². The van der Waals surface area contributed by atoms with Gasteiger partial charge in [-0.2, -0.15) is 0 Å². The number of piperidine rings is 1. The predicted molar refractivity (Wildman–Crippen MR) is 116 cm³/mol. The van der Waals surface area contributed by atoms with Crippen molar-refractivity contribution in [2.45, 2.75) is 58.6 Å². The third-order valence-corrected chi connectivity index (χ3v) is 5.79. The number of aliphatic imine (C=N–C) groups is 1. The average molecular weight is 398 g/mol. The molecule has 0 aromatic carbocycles. The lowest BCUT2D eigenvalue weighted by Crippen LogP contribution is -2.54. The van der Waals surface area contributed by atoms with Gasteiger partial charge in [0.05, 0.1) is 25.4 Å². The lowest BCUT2D eigenvalue weighted by molar-refractivity contribution is -0.0201. The summed E-state index contributed by atoms with van der Waals surface area (Å²) in [6, 6.07) is 0. The second-order valence-corrected chi connectivity index (χ2v) is 9.44. The molecule has 2 saturated heterocycles. The van der Waals surface area contributed by atoms with Crippen LogP contribution in [0.5, 0.6) is 0 Å². The zero-order valence-corrected chi connectivity index (χ0v) is 18.8. The van der Waals surface area contributed by atoms with E-state index in [1.54, 1.807) is 0 Å². The van der Waals surface area contributed by atoms with Crippen molar-refractivity contribution in [3.8, 4) is 0 Å². The summed E-state index contributed by atoms with van der Waals surface area (Å²) in [5.41, 5.74) is -0.779. The van der Waals surface area contributed by atoms with E-state index >= 15 is 0 Å². The van der Waals surface area contributed by atoms with Crippen LogP contribution in [-0.4, -0.2) is 97.6 Å². The Morgan fingerprint density at radius 3 is 2.54 bits per heavy atom. The van der Waals surface area contributed by atoms with Crippen molar-refractivity contribution >= 4 is 5.96 Å². The van der Waals surface area contributed by atoms with Gasteiger partial charge in [-0.05, 0) is 53.0 Å². The standard InChI is InChI=1S/C21H43N5O2/c1-6-22-19(23-15-20(3,4)26-9-7-8-18(2)14-26)24-16-21(5,27)17-25-10-12-28-13-11-25/h18,27H,6-17H2,1-5H3,(H2,22,23,24). The normalized spacial score (nSPS) is 25.4. The fourth-order valence-corrected chi connectivity index (χ4v) is 4.02. The van der Waals surface area contributed by atoms with Crippen LogP contribution in [0, 0.1) is 5.92 Å². The van der Waals surface area contributed by atoms with E-state index in [0.29, 0.717) is 13.1 Å². The number of guanidine groups is 1. The van der Waals surface area contributed by atoms with Gasteiger partial charge in [0.1, 0.15) is 0 Å². The van der Waals surface area contributed by atoms with E-state index in [9.17, 15) is 5.11 Å². The highest BCUT2D eigenvalue weighted by Crippen LogP contribution is 2.24. The van der Waals surface area contributed by atoms with Crippen molar-refractivity contribution in [2.75, 3.05) is 65.6 Å². The fourth-order valence-electron chi connectivity index (χ4n) is 4.02. The minimum atomic E-state index is -0.814. The lowest BCUT2D eigenvalue weighted by Gasteiger charge is -2.42. The van der Waals surface area contributed by atoms with Crippen LogP contribution in [0.15, 0.2) is 4.99 Å². The molecule has 0 amide bonds. The number of nitrogens with zero attached hydrogens (tertiary/aromatic N) is 3. The van der Waals surface area contributed by atoms with Crippen LogP contribution in [0.3, 0.4) is 0 Å². The molecule has 0 aromatic heterocycles. The largest absolute Gasteiger partial charge is 0.387 e. The summed E-state index contributed by atoms with van der Waals surface area (Å²) in [4.78, 5) is 9.68. The first-order valence-electron chi connectivity index (χ1n) is 11.0. The first-order chi connectivity index (χ1) is 13.2. The predicted octanol–water partition coefficient (Wildman–Crippen LogP) is 1.14. The Morgan fingerprint density at radius 1 is 1.18 bits per heavy atom. The van der Waals surface area contributed by atoms with Gasteiger partial charge >= 0.3 is 0 Å². The van der Waals surface area contributed by atoms with Crippen LogP contribution < -0.4 is 10.6 Å². The molecule has 2 atom stereocenters. The van der Waals surface area contributed by atoms with E-state index in [-0.39, 0.29) is 5.54 Å². The third kappa shape index (κ3) is 7.85. The zero-order chi connectivity index (χ0) is 20.6. The summed E-state index contributed by atoms with van der Waals surface area (Å²) in [7, 11) is 0. The highest BCUT2D eigenvalue weighted by molar-refractivity contribution is 5.79. The van der Waals surface area contributed by atoms with E-state index < -0.39 is 5.60 Å². The fraction of sp³-hybridized carbons (Fsp3) is 0.952. The van der Waals surface area contributed by atoms with Crippen molar-refractivity contribution < 1.29 is 9.84 Å². The Hall–Kier alpha value is -0.890. The van der Waals surface area contributed by atoms with Gasteiger partial charge in [0.25, 0.3) is 0 Å². The maximum Gasteiger partial charge on any atom is 0.191 e. The Bertz CT molecular complexity index is 489. The van der Waals surface area contributed by atoms with E-state index in [0.717, 1.165) is 64.4 Å². The van der Waals surface area contributed by atoms with Gasteiger partial charge in [-0.1, -0.05) is 6.92 Å². The highest BCUT2D eigenvalue weighted by atomic mass is 16.5. The molecule has 164 valence electrons. The average Bonchev–Trinajstić information content (AvgIpc) is 2.64. The summed E-state index contributed by atoms with van der Waals surface area (Å²) >= 11 is 0. The van der Waals surface area contributed by atoms with Crippen LogP contribution in [0.4, 0.5) is 0 Å². The third-order valence-electron chi connectivity index (χ3n) is 5.79. The number of hydrogen-bond acceptors (Lipinski definition) is 5. The van der Waals surface area contributed by atoms with E-state index in [1.807, 2.05) is 6.92 Å². The van der Waals surface area contributed by atoms with Gasteiger partial charge in [0.15, 0.2) is 5.96 Å². The van der Waals surface area contributed by atoms with Crippen LogP contribution in [-0.2, 0) is 4.74 Å². The number of likely N-dealkylation sites (tertiary alicyclic amines) is 1. The molecule has 0 aliphatic carbocycles. The maximum atomic E-state index is 10.8. The number of rotatable bonds is 8. The molecule has 3 N–H and O–H groups in total. The first kappa shape index (κ1) is 23.4. The van der Waals surface area contributed by atoms with Crippen molar-refractivity contribution in [1.82, 2.24) is 20.4 Å². The number of hydrogen-bond donors (Lipinski definition) is 3. The van der Waals surface area contributed by atoms with Gasteiger partial charge in [-0.15, -0.1) is 0 Å². The number of β-amino-alcohol motifs (C(OH)–C–C–N with tert-alkyl or cyclic N) is 1. The molecule has 7 heteroatoms. The summed E-state index contributed by atoms with van der Waals surface area (Å²) in [6.07, 6.45) is 2.61. The first-order valence-corrected chi connectivity index (χ1v) is 11.0. The molecule has 0 aromatic rings. The molecule has 0 saturated carbocycles. The lowest BCUT2D eigenvalue weighted by atomic mass is 9.94. The Labute approximate surface area is 171 Å². The number of nitrogens with one attached hydrogen (secondary N) is 2. The topological polar surface area (TPSA) is 72.4 Å². The molecule has 0 spiro atoms.